The molecule has 3 aromatic rings. The predicted octanol–water partition coefficient (Wildman–Crippen LogP) is 5.16. The molecule has 14 heteroatoms. The Hall–Kier alpha value is -4.00. The van der Waals surface area contributed by atoms with E-state index in [2.05, 4.69) is 4.98 Å². The molecule has 0 aliphatic carbocycles. The summed E-state index contributed by atoms with van der Waals surface area (Å²) in [5.41, 5.74) is -4.68. The van der Waals surface area contributed by atoms with E-state index < -0.39 is 70.9 Å². The average molecular weight is 546 g/mol. The molecule has 1 aliphatic heterocycles. The zero-order chi connectivity index (χ0) is 27.2. The van der Waals surface area contributed by atoms with Gasteiger partial charge in [-0.2, -0.15) is 13.2 Å². The number of carbonyl (C=O) groups excluding carboxylic acids is 3. The molecule has 6 nitrogen and oxygen atoms in total. The number of hydrogen-bond acceptors (Lipinski definition) is 4. The fraction of sp³-hybridized carbons (Fsp3) is 0.130. The summed E-state index contributed by atoms with van der Waals surface area (Å²) in [4.78, 5) is 43.2. The number of halogens is 8. The molecule has 0 fully saturated rings. The van der Waals surface area contributed by atoms with Crippen LogP contribution in [0.1, 0.15) is 31.8 Å². The molecule has 1 aliphatic rings. The highest BCUT2D eigenvalue weighted by atomic mass is 35.5. The van der Waals surface area contributed by atoms with Crippen molar-refractivity contribution in [1.82, 2.24) is 9.88 Å². The minimum Gasteiger partial charge on any atom is -0.319 e. The first-order valence-electron chi connectivity index (χ1n) is 10.1. The lowest BCUT2D eigenvalue weighted by molar-refractivity contribution is -0.143. The second kappa shape index (κ2) is 9.47. The van der Waals surface area contributed by atoms with Crippen LogP contribution in [0.4, 0.5) is 36.4 Å². The molecular weight excluding hydrogens is 535 g/mol. The lowest BCUT2D eigenvalue weighted by Crippen LogP contribution is -2.48. The van der Waals surface area contributed by atoms with Crippen LogP contribution in [0.15, 0.2) is 42.6 Å². The SMILES string of the molecule is O=C(Nc1c(F)c(F)c(C(F)(F)F)c(F)c1F)[C@H](Cc1ccnc(Cl)c1)N1C(=O)c2ccccc2C1=O. The lowest BCUT2D eigenvalue weighted by atomic mass is 10.0. The summed E-state index contributed by atoms with van der Waals surface area (Å²) in [5.74, 6) is -14.1. The third-order valence-corrected chi connectivity index (χ3v) is 5.66. The Morgan fingerprint density at radius 2 is 1.49 bits per heavy atom. The molecule has 1 atom stereocenters. The topological polar surface area (TPSA) is 79.4 Å². The molecule has 0 bridgehead atoms. The number of rotatable bonds is 5. The van der Waals surface area contributed by atoms with E-state index in [0.29, 0.717) is 4.90 Å². The van der Waals surface area contributed by atoms with Crippen LogP contribution in [-0.4, -0.2) is 33.6 Å². The number of nitrogens with one attached hydrogen (secondary N) is 1. The maximum absolute atomic E-state index is 14.4. The highest BCUT2D eigenvalue weighted by molar-refractivity contribution is 6.29. The van der Waals surface area contributed by atoms with Gasteiger partial charge < -0.3 is 5.32 Å². The van der Waals surface area contributed by atoms with E-state index in [1.54, 1.807) is 0 Å². The van der Waals surface area contributed by atoms with Crippen molar-refractivity contribution in [2.24, 2.45) is 0 Å². The Morgan fingerprint density at radius 1 is 0.946 bits per heavy atom. The maximum Gasteiger partial charge on any atom is 0.422 e. The molecule has 192 valence electrons. The number of fused-ring (bicyclic) bond motifs is 1. The smallest absolute Gasteiger partial charge is 0.319 e. The molecule has 2 aromatic carbocycles. The van der Waals surface area contributed by atoms with Crippen LogP contribution in [0.5, 0.6) is 0 Å². The molecule has 0 radical (unpaired) electrons. The van der Waals surface area contributed by atoms with E-state index in [-0.39, 0.29) is 21.8 Å². The summed E-state index contributed by atoms with van der Waals surface area (Å²) in [6.07, 6.45) is -5.08. The minimum absolute atomic E-state index is 0.0528. The molecular formula is C23H11ClF7N3O3. The first-order chi connectivity index (χ1) is 17.3. The molecule has 2 heterocycles. The number of alkyl halides is 3. The number of amides is 3. The highest BCUT2D eigenvalue weighted by Crippen LogP contribution is 2.38. The number of imide groups is 1. The molecule has 0 saturated carbocycles. The summed E-state index contributed by atoms with van der Waals surface area (Å²) >= 11 is 5.82. The lowest BCUT2D eigenvalue weighted by Gasteiger charge is -2.26. The van der Waals surface area contributed by atoms with Crippen LogP contribution < -0.4 is 5.32 Å². The van der Waals surface area contributed by atoms with Gasteiger partial charge in [0.2, 0.25) is 5.91 Å². The van der Waals surface area contributed by atoms with E-state index in [1.807, 2.05) is 0 Å². The maximum atomic E-state index is 14.4. The van der Waals surface area contributed by atoms with Gasteiger partial charge in [-0.25, -0.2) is 22.5 Å². The summed E-state index contributed by atoms with van der Waals surface area (Å²) in [7, 11) is 0. The van der Waals surface area contributed by atoms with Gasteiger partial charge in [-0.1, -0.05) is 23.7 Å². The Kier molecular flexibility index (Phi) is 6.67. The van der Waals surface area contributed by atoms with E-state index in [9.17, 15) is 45.1 Å². The third kappa shape index (κ3) is 4.61. The average Bonchev–Trinajstić information content (AvgIpc) is 3.08. The molecule has 37 heavy (non-hydrogen) atoms. The van der Waals surface area contributed by atoms with Gasteiger partial charge in [-0.15, -0.1) is 0 Å². The zero-order valence-electron chi connectivity index (χ0n) is 18.0. The number of anilines is 1. The number of hydrogen-bond donors (Lipinski definition) is 1. The Morgan fingerprint density at radius 3 is 1.97 bits per heavy atom. The van der Waals surface area contributed by atoms with Crippen molar-refractivity contribution in [1.29, 1.82) is 0 Å². The van der Waals surface area contributed by atoms with Gasteiger partial charge >= 0.3 is 6.18 Å². The van der Waals surface area contributed by atoms with Crippen molar-refractivity contribution < 1.29 is 45.1 Å². The van der Waals surface area contributed by atoms with Crippen LogP contribution in [0.2, 0.25) is 5.15 Å². The van der Waals surface area contributed by atoms with Crippen LogP contribution in [-0.2, 0) is 17.4 Å². The fourth-order valence-electron chi connectivity index (χ4n) is 3.78. The first kappa shape index (κ1) is 26.1. The van der Waals surface area contributed by atoms with E-state index in [1.165, 1.54) is 47.9 Å². The Balaban J connectivity index is 1.77. The van der Waals surface area contributed by atoms with Gasteiger partial charge in [0.1, 0.15) is 22.4 Å². The molecule has 0 saturated heterocycles. The van der Waals surface area contributed by atoms with Crippen LogP contribution in [0, 0.1) is 23.3 Å². The predicted molar refractivity (Wildman–Crippen MR) is 114 cm³/mol. The summed E-state index contributed by atoms with van der Waals surface area (Å²) in [5, 5.41) is 1.43. The number of benzene rings is 2. The molecule has 4 rings (SSSR count). The zero-order valence-corrected chi connectivity index (χ0v) is 18.7. The van der Waals surface area contributed by atoms with E-state index >= 15 is 0 Å². The van der Waals surface area contributed by atoms with E-state index in [0.717, 1.165) is 0 Å². The fourth-order valence-corrected chi connectivity index (χ4v) is 3.98. The Labute approximate surface area is 207 Å². The third-order valence-electron chi connectivity index (χ3n) is 5.45. The Bertz CT molecular complexity index is 1400. The number of pyridine rings is 1. The van der Waals surface area contributed by atoms with Crippen LogP contribution >= 0.6 is 11.6 Å². The summed E-state index contributed by atoms with van der Waals surface area (Å²) in [6.45, 7) is 0. The molecule has 3 amide bonds. The van der Waals surface area contributed by atoms with Crippen molar-refractivity contribution in [2.75, 3.05) is 5.32 Å². The molecule has 0 unspecified atom stereocenters. The molecule has 0 spiro atoms. The monoisotopic (exact) mass is 545 g/mol. The van der Waals surface area contributed by atoms with Gasteiger partial charge in [0, 0.05) is 12.6 Å². The van der Waals surface area contributed by atoms with Gasteiger partial charge in [-0.3, -0.25) is 19.3 Å². The number of aromatic nitrogens is 1. The van der Waals surface area contributed by atoms with Crippen molar-refractivity contribution in [3.63, 3.8) is 0 Å². The first-order valence-corrected chi connectivity index (χ1v) is 10.5. The van der Waals surface area contributed by atoms with Crippen molar-refractivity contribution in [2.45, 2.75) is 18.6 Å². The van der Waals surface area contributed by atoms with Crippen LogP contribution in [0.25, 0.3) is 0 Å². The summed E-state index contributed by atoms with van der Waals surface area (Å²) in [6, 6.07) is 6.15. The second-order valence-electron chi connectivity index (χ2n) is 7.73. The summed E-state index contributed by atoms with van der Waals surface area (Å²) < 4.78 is 95.6. The normalized spacial score (nSPS) is 14.1. The van der Waals surface area contributed by atoms with Crippen molar-refractivity contribution >= 4 is 35.0 Å². The molecule has 1 N–H and O–H groups in total. The number of carbonyl (C=O) groups is 3. The number of nitrogens with zero attached hydrogens (tertiary/aromatic N) is 2. The van der Waals surface area contributed by atoms with Crippen LogP contribution in [0.3, 0.4) is 0 Å². The highest BCUT2D eigenvalue weighted by Gasteiger charge is 2.45. The van der Waals surface area contributed by atoms with E-state index in [4.69, 9.17) is 11.6 Å². The molecule has 1 aromatic heterocycles. The van der Waals surface area contributed by atoms with Gasteiger partial charge in [0.15, 0.2) is 23.3 Å². The quantitative estimate of drug-likeness (QED) is 0.208. The van der Waals surface area contributed by atoms with Gasteiger partial charge in [-0.05, 0) is 29.8 Å². The van der Waals surface area contributed by atoms with Gasteiger partial charge in [0.05, 0.1) is 11.1 Å². The minimum atomic E-state index is -5.79. The van der Waals surface area contributed by atoms with Crippen molar-refractivity contribution in [3.05, 3.63) is 93.3 Å². The second-order valence-corrected chi connectivity index (χ2v) is 8.11. The van der Waals surface area contributed by atoms with Crippen molar-refractivity contribution in [3.8, 4) is 0 Å². The largest absolute Gasteiger partial charge is 0.422 e. The standard InChI is InChI=1S/C23H11ClF7N3O3/c24-13-8-9(5-6-32-13)7-12(34-21(36)10-3-1-2-4-11(10)22(34)37)20(35)33-19-17(27)15(25)14(23(29,30)31)16(26)18(19)28/h1-6,8,12H,7H2,(H,33,35)/t12-/m0/s1. The van der Waals surface area contributed by atoms with Gasteiger partial charge in [0.25, 0.3) is 11.8 Å².